The molecule has 0 atom stereocenters. The number of carbonyl (C=O) groups excluding carboxylic acids is 1. The molecule has 0 aliphatic rings. The molecular weight excluding hydrogens is 359 g/mol. The molecule has 0 aliphatic carbocycles. The van der Waals surface area contributed by atoms with Gasteiger partial charge in [0.1, 0.15) is 12.4 Å². The molecule has 0 aliphatic heterocycles. The zero-order valence-corrected chi connectivity index (χ0v) is 14.7. The van der Waals surface area contributed by atoms with E-state index in [1.807, 2.05) is 0 Å². The minimum absolute atomic E-state index is 0.0388. The van der Waals surface area contributed by atoms with Gasteiger partial charge in [0.15, 0.2) is 5.82 Å². The van der Waals surface area contributed by atoms with E-state index in [1.54, 1.807) is 49.5 Å². The number of benzene rings is 2. The molecule has 0 radical (unpaired) electrons. The fourth-order valence-corrected chi connectivity index (χ4v) is 2.59. The van der Waals surface area contributed by atoms with Gasteiger partial charge in [-0.15, -0.1) is 5.10 Å². The van der Waals surface area contributed by atoms with Gasteiger partial charge in [-0.05, 0) is 30.3 Å². The van der Waals surface area contributed by atoms with E-state index in [2.05, 4.69) is 10.4 Å². The second kappa shape index (κ2) is 7.53. The number of carbonyl (C=O) groups is 1. The van der Waals surface area contributed by atoms with Crippen LogP contribution < -0.4 is 11.0 Å². The molecule has 2 aromatic carbocycles. The SMILES string of the molecule is Cn1c(-c2ccc(Cl)cc2)nn(CC(=O)NCc2ccccc2F)c1=O. The Labute approximate surface area is 153 Å². The van der Waals surface area contributed by atoms with Crippen molar-refractivity contribution < 1.29 is 9.18 Å². The summed E-state index contributed by atoms with van der Waals surface area (Å²) in [5, 5.41) is 7.37. The quantitative estimate of drug-likeness (QED) is 0.745. The van der Waals surface area contributed by atoms with Gasteiger partial charge < -0.3 is 5.32 Å². The lowest BCUT2D eigenvalue weighted by Gasteiger charge is -2.05. The normalized spacial score (nSPS) is 10.7. The third-order valence-electron chi connectivity index (χ3n) is 3.87. The third-order valence-corrected chi connectivity index (χ3v) is 4.12. The summed E-state index contributed by atoms with van der Waals surface area (Å²) in [5.41, 5.74) is 0.659. The van der Waals surface area contributed by atoms with Crippen LogP contribution in [0.2, 0.25) is 5.02 Å². The summed E-state index contributed by atoms with van der Waals surface area (Å²) in [5.74, 6) is -0.405. The van der Waals surface area contributed by atoms with Crippen LogP contribution in [0.4, 0.5) is 4.39 Å². The lowest BCUT2D eigenvalue weighted by Crippen LogP contribution is -2.33. The summed E-state index contributed by atoms with van der Waals surface area (Å²) in [6, 6.07) is 13.0. The number of aromatic nitrogens is 3. The van der Waals surface area contributed by atoms with E-state index in [1.165, 1.54) is 10.6 Å². The highest BCUT2D eigenvalue weighted by Crippen LogP contribution is 2.18. The van der Waals surface area contributed by atoms with Crippen molar-refractivity contribution in [2.75, 3.05) is 0 Å². The summed E-state index contributed by atoms with van der Waals surface area (Å²) in [4.78, 5) is 24.4. The van der Waals surface area contributed by atoms with Crippen molar-refractivity contribution in [3.05, 3.63) is 75.4 Å². The van der Waals surface area contributed by atoms with Crippen molar-refractivity contribution in [2.24, 2.45) is 7.05 Å². The van der Waals surface area contributed by atoms with E-state index in [0.717, 1.165) is 4.68 Å². The molecule has 1 amide bonds. The summed E-state index contributed by atoms with van der Waals surface area (Å²) < 4.78 is 16.0. The summed E-state index contributed by atoms with van der Waals surface area (Å²) in [6.07, 6.45) is 0. The first kappa shape index (κ1) is 17.9. The van der Waals surface area contributed by atoms with Crippen LogP contribution in [0.3, 0.4) is 0 Å². The predicted octanol–water partition coefficient (Wildman–Crippen LogP) is 2.36. The molecule has 0 saturated heterocycles. The van der Waals surface area contributed by atoms with E-state index in [0.29, 0.717) is 22.0 Å². The topological polar surface area (TPSA) is 68.9 Å². The fourth-order valence-electron chi connectivity index (χ4n) is 2.47. The van der Waals surface area contributed by atoms with Crippen molar-refractivity contribution in [1.82, 2.24) is 19.7 Å². The van der Waals surface area contributed by atoms with E-state index in [9.17, 15) is 14.0 Å². The minimum Gasteiger partial charge on any atom is -0.350 e. The van der Waals surface area contributed by atoms with Gasteiger partial charge in [-0.25, -0.2) is 13.9 Å². The molecule has 0 bridgehead atoms. The number of nitrogens with zero attached hydrogens (tertiary/aromatic N) is 3. The Hall–Kier alpha value is -2.93. The Kier molecular flexibility index (Phi) is 5.18. The average molecular weight is 375 g/mol. The van der Waals surface area contributed by atoms with Crippen LogP contribution in [0.15, 0.2) is 53.3 Å². The number of hydrogen-bond acceptors (Lipinski definition) is 3. The smallest absolute Gasteiger partial charge is 0.346 e. The second-order valence-electron chi connectivity index (χ2n) is 5.70. The Balaban J connectivity index is 1.73. The molecular formula is C18H16ClFN4O2. The molecule has 8 heteroatoms. The predicted molar refractivity (Wildman–Crippen MR) is 96.2 cm³/mol. The first-order valence-corrected chi connectivity index (χ1v) is 8.23. The van der Waals surface area contributed by atoms with Crippen LogP contribution in [0.5, 0.6) is 0 Å². The standard InChI is InChI=1S/C18H16ClFN4O2/c1-23-17(12-6-8-14(19)9-7-12)22-24(18(23)26)11-16(25)21-10-13-4-2-3-5-15(13)20/h2-9H,10-11H2,1H3,(H,21,25). The molecule has 0 fully saturated rings. The Morgan fingerprint density at radius 1 is 1.19 bits per heavy atom. The number of halogens is 2. The molecule has 3 rings (SSSR count). The van der Waals surface area contributed by atoms with Crippen LogP contribution >= 0.6 is 11.6 Å². The van der Waals surface area contributed by atoms with E-state index < -0.39 is 17.4 Å². The highest BCUT2D eigenvalue weighted by atomic mass is 35.5. The van der Waals surface area contributed by atoms with E-state index in [4.69, 9.17) is 11.6 Å². The monoisotopic (exact) mass is 374 g/mol. The van der Waals surface area contributed by atoms with Crippen LogP contribution in [0, 0.1) is 5.82 Å². The van der Waals surface area contributed by atoms with Crippen molar-refractivity contribution in [3.63, 3.8) is 0 Å². The maximum absolute atomic E-state index is 13.6. The molecule has 0 spiro atoms. The first-order chi connectivity index (χ1) is 12.5. The summed E-state index contributed by atoms with van der Waals surface area (Å²) >= 11 is 5.87. The van der Waals surface area contributed by atoms with Crippen molar-refractivity contribution in [2.45, 2.75) is 13.1 Å². The number of amides is 1. The zero-order chi connectivity index (χ0) is 18.7. The third kappa shape index (κ3) is 3.83. The van der Waals surface area contributed by atoms with Gasteiger partial charge in [0.2, 0.25) is 5.91 Å². The molecule has 26 heavy (non-hydrogen) atoms. The number of rotatable bonds is 5. The summed E-state index contributed by atoms with van der Waals surface area (Å²) in [7, 11) is 1.58. The lowest BCUT2D eigenvalue weighted by atomic mass is 10.2. The van der Waals surface area contributed by atoms with Crippen LogP contribution in [-0.4, -0.2) is 20.3 Å². The molecule has 0 unspecified atom stereocenters. The minimum atomic E-state index is -0.434. The lowest BCUT2D eigenvalue weighted by molar-refractivity contribution is -0.122. The molecule has 0 saturated carbocycles. The van der Waals surface area contributed by atoms with Gasteiger partial charge in [-0.3, -0.25) is 9.36 Å². The largest absolute Gasteiger partial charge is 0.350 e. The van der Waals surface area contributed by atoms with Gasteiger partial charge in [-0.1, -0.05) is 29.8 Å². The second-order valence-corrected chi connectivity index (χ2v) is 6.13. The van der Waals surface area contributed by atoms with Gasteiger partial charge in [0.25, 0.3) is 0 Å². The maximum Gasteiger partial charge on any atom is 0.346 e. The molecule has 1 heterocycles. The van der Waals surface area contributed by atoms with Gasteiger partial charge in [0.05, 0.1) is 0 Å². The highest BCUT2D eigenvalue weighted by Gasteiger charge is 2.14. The Morgan fingerprint density at radius 2 is 1.88 bits per heavy atom. The van der Waals surface area contributed by atoms with E-state index >= 15 is 0 Å². The van der Waals surface area contributed by atoms with Crippen LogP contribution in [-0.2, 0) is 24.9 Å². The number of hydrogen-bond donors (Lipinski definition) is 1. The zero-order valence-electron chi connectivity index (χ0n) is 13.9. The molecule has 6 nitrogen and oxygen atoms in total. The van der Waals surface area contributed by atoms with Gasteiger partial charge in [0, 0.05) is 29.7 Å². The average Bonchev–Trinajstić information content (AvgIpc) is 2.90. The summed E-state index contributed by atoms with van der Waals surface area (Å²) in [6.45, 7) is -0.216. The van der Waals surface area contributed by atoms with Crippen molar-refractivity contribution >= 4 is 17.5 Å². The molecule has 134 valence electrons. The molecule has 1 N–H and O–H groups in total. The maximum atomic E-state index is 13.6. The molecule has 3 aromatic rings. The fraction of sp³-hybridized carbons (Fsp3) is 0.167. The van der Waals surface area contributed by atoms with Gasteiger partial charge >= 0.3 is 5.69 Å². The first-order valence-electron chi connectivity index (χ1n) is 7.85. The number of nitrogens with one attached hydrogen (secondary N) is 1. The van der Waals surface area contributed by atoms with Crippen molar-refractivity contribution in [1.29, 1.82) is 0 Å². The Morgan fingerprint density at radius 3 is 2.58 bits per heavy atom. The molecule has 1 aromatic heterocycles. The van der Waals surface area contributed by atoms with E-state index in [-0.39, 0.29) is 13.1 Å². The highest BCUT2D eigenvalue weighted by molar-refractivity contribution is 6.30. The van der Waals surface area contributed by atoms with Gasteiger partial charge in [-0.2, -0.15) is 0 Å². The Bertz CT molecular complexity index is 995. The van der Waals surface area contributed by atoms with Crippen molar-refractivity contribution in [3.8, 4) is 11.4 Å². The van der Waals surface area contributed by atoms with Crippen LogP contribution in [0.25, 0.3) is 11.4 Å². The van der Waals surface area contributed by atoms with Crippen LogP contribution in [0.1, 0.15) is 5.56 Å².